The van der Waals surface area contributed by atoms with Gasteiger partial charge in [-0.05, 0) is 47.7 Å². The number of hydrogen-bond donors (Lipinski definition) is 3. The fourth-order valence-corrected chi connectivity index (χ4v) is 3.74. The van der Waals surface area contributed by atoms with Crippen molar-refractivity contribution in [1.29, 1.82) is 5.41 Å². The minimum absolute atomic E-state index is 0.187. The Balaban J connectivity index is 1.80. The van der Waals surface area contributed by atoms with E-state index in [0.717, 1.165) is 5.69 Å². The van der Waals surface area contributed by atoms with E-state index in [4.69, 9.17) is 20.6 Å². The first-order chi connectivity index (χ1) is 15.6. The molecule has 3 rings (SSSR count). The minimum Gasteiger partial charge on any atom is -0.493 e. The van der Waals surface area contributed by atoms with Gasteiger partial charge in [0, 0.05) is 24.3 Å². The molecule has 0 aliphatic heterocycles. The van der Waals surface area contributed by atoms with Crippen LogP contribution in [0.4, 0.5) is 17.3 Å². The van der Waals surface area contributed by atoms with Crippen LogP contribution >= 0.6 is 11.9 Å². The molecule has 1 heterocycles. The van der Waals surface area contributed by atoms with Gasteiger partial charge in [-0.25, -0.2) is 9.97 Å². The van der Waals surface area contributed by atoms with Crippen LogP contribution in [0.5, 0.6) is 11.5 Å². The molecule has 166 valence electrons. The van der Waals surface area contributed by atoms with Gasteiger partial charge in [0.2, 0.25) is 0 Å². The van der Waals surface area contributed by atoms with Crippen LogP contribution < -0.4 is 24.8 Å². The van der Waals surface area contributed by atoms with Crippen LogP contribution in [0.25, 0.3) is 0 Å². The molecular formula is C23H26N6O2S. The topological polar surface area (TPSA) is 109 Å². The number of nitrogens with zero attached hydrogens (tertiary/aromatic N) is 3. The van der Waals surface area contributed by atoms with Crippen LogP contribution in [0.3, 0.4) is 0 Å². The van der Waals surface area contributed by atoms with Gasteiger partial charge in [0.1, 0.15) is 18.0 Å². The number of benzene rings is 2. The van der Waals surface area contributed by atoms with E-state index in [1.807, 2.05) is 30.3 Å². The maximum Gasteiger partial charge on any atom is 0.161 e. The second-order valence-electron chi connectivity index (χ2n) is 6.56. The van der Waals surface area contributed by atoms with Gasteiger partial charge in [-0.2, -0.15) is 0 Å². The third-order valence-corrected chi connectivity index (χ3v) is 5.45. The molecule has 1 aromatic heterocycles. The Hall–Kier alpha value is -3.72. The number of aromatic nitrogens is 2. The quantitative estimate of drug-likeness (QED) is 0.295. The second-order valence-corrected chi connectivity index (χ2v) is 7.55. The van der Waals surface area contributed by atoms with Crippen LogP contribution in [-0.4, -0.2) is 43.0 Å². The number of anilines is 3. The molecule has 0 spiro atoms. The third kappa shape index (κ3) is 5.30. The van der Waals surface area contributed by atoms with Crippen molar-refractivity contribution in [1.82, 2.24) is 9.97 Å². The lowest BCUT2D eigenvalue weighted by molar-refractivity contribution is 0.355. The van der Waals surface area contributed by atoms with Crippen molar-refractivity contribution in [2.75, 3.05) is 42.7 Å². The minimum atomic E-state index is 0.187. The summed E-state index contributed by atoms with van der Waals surface area (Å²) in [5.74, 6) is 1.83. The van der Waals surface area contributed by atoms with Gasteiger partial charge in [-0.15, -0.1) is 0 Å². The number of hydrogen-bond acceptors (Lipinski definition) is 9. The Morgan fingerprint density at radius 1 is 1.16 bits per heavy atom. The zero-order valence-corrected chi connectivity index (χ0v) is 18.9. The van der Waals surface area contributed by atoms with Crippen molar-refractivity contribution < 1.29 is 9.47 Å². The monoisotopic (exact) mass is 450 g/mol. The summed E-state index contributed by atoms with van der Waals surface area (Å²) in [5.41, 5.74) is 8.44. The Kier molecular flexibility index (Phi) is 7.93. The number of rotatable bonds is 11. The number of methoxy groups -OCH3 is 2. The number of nitrogens with two attached hydrogens (primary N) is 1. The molecule has 3 aromatic rings. The highest BCUT2D eigenvalue weighted by atomic mass is 32.2. The smallest absolute Gasteiger partial charge is 0.161 e. The van der Waals surface area contributed by atoms with Crippen LogP contribution in [0.1, 0.15) is 11.1 Å². The van der Waals surface area contributed by atoms with Crippen molar-refractivity contribution in [3.8, 4) is 11.5 Å². The van der Waals surface area contributed by atoms with Gasteiger partial charge < -0.3 is 24.8 Å². The molecule has 0 unspecified atom stereocenters. The fourth-order valence-electron chi connectivity index (χ4n) is 3.12. The molecule has 0 aliphatic rings. The second kappa shape index (κ2) is 11.1. The van der Waals surface area contributed by atoms with Gasteiger partial charge in [-0.1, -0.05) is 24.8 Å². The molecule has 0 atom stereocenters. The Labute approximate surface area is 192 Å². The first-order valence-electron chi connectivity index (χ1n) is 9.85. The fraction of sp³-hybridized carbons (Fsp3) is 0.174. The van der Waals surface area contributed by atoms with Gasteiger partial charge in [-0.3, -0.25) is 5.41 Å². The Morgan fingerprint density at radius 2 is 1.91 bits per heavy atom. The number of para-hydroxylation sites is 1. The summed E-state index contributed by atoms with van der Waals surface area (Å²) in [6.07, 6.45) is 1.39. The van der Waals surface area contributed by atoms with Gasteiger partial charge >= 0.3 is 0 Å². The van der Waals surface area contributed by atoms with Crippen molar-refractivity contribution in [3.05, 3.63) is 78.0 Å². The summed E-state index contributed by atoms with van der Waals surface area (Å²) in [6.45, 7) is 5.06. The number of nitrogen functional groups attached to an aromatic ring is 1. The molecule has 8 nitrogen and oxygen atoms in total. The third-order valence-electron chi connectivity index (χ3n) is 4.65. The highest BCUT2D eigenvalue weighted by Crippen LogP contribution is 2.30. The average molecular weight is 451 g/mol. The van der Waals surface area contributed by atoms with E-state index in [0.29, 0.717) is 41.5 Å². The molecule has 9 heteroatoms. The van der Waals surface area contributed by atoms with E-state index >= 15 is 0 Å². The summed E-state index contributed by atoms with van der Waals surface area (Å²) in [4.78, 5) is 8.42. The normalized spacial score (nSPS) is 10.3. The molecule has 0 fully saturated rings. The summed E-state index contributed by atoms with van der Waals surface area (Å²) >= 11 is 1.51. The van der Waals surface area contributed by atoms with Gasteiger partial charge in [0.15, 0.2) is 11.5 Å². The molecule has 0 aliphatic carbocycles. The van der Waals surface area contributed by atoms with E-state index in [9.17, 15) is 0 Å². The zero-order chi connectivity index (χ0) is 22.9. The Morgan fingerprint density at radius 3 is 2.59 bits per heavy atom. The lowest BCUT2D eigenvalue weighted by atomic mass is 10.0. The van der Waals surface area contributed by atoms with Crippen LogP contribution in [0.15, 0.2) is 66.8 Å². The average Bonchev–Trinajstić information content (AvgIpc) is 2.83. The standard InChI is InChI=1S/C23H26N6O2S/c1-4-32-29(17-8-6-5-7-9-17)13-12-26-23-20(22(25)27-15-28-23)21(24)16-10-11-18(30-2)19(14-16)31-3/h4-11,14-15,24H,1,12-13H2,2-3H3,(H3,25,26,27,28). The lowest BCUT2D eigenvalue weighted by Crippen LogP contribution is -2.23. The van der Waals surface area contributed by atoms with E-state index in [-0.39, 0.29) is 11.5 Å². The summed E-state index contributed by atoms with van der Waals surface area (Å²) in [5, 5.41) is 13.8. The van der Waals surface area contributed by atoms with Crippen molar-refractivity contribution in [2.45, 2.75) is 0 Å². The molecule has 32 heavy (non-hydrogen) atoms. The maximum atomic E-state index is 8.75. The van der Waals surface area contributed by atoms with Crippen molar-refractivity contribution in [2.24, 2.45) is 0 Å². The van der Waals surface area contributed by atoms with Crippen LogP contribution in [0.2, 0.25) is 0 Å². The van der Waals surface area contributed by atoms with E-state index < -0.39 is 0 Å². The predicted molar refractivity (Wildman–Crippen MR) is 132 cm³/mol. The van der Waals surface area contributed by atoms with Crippen LogP contribution in [-0.2, 0) is 0 Å². The maximum absolute atomic E-state index is 8.75. The van der Waals surface area contributed by atoms with E-state index in [2.05, 4.69) is 26.2 Å². The van der Waals surface area contributed by atoms with E-state index in [1.54, 1.807) is 37.8 Å². The molecule has 0 bridgehead atoms. The molecule has 4 N–H and O–H groups in total. The highest BCUT2D eigenvalue weighted by molar-refractivity contribution is 8.03. The summed E-state index contributed by atoms with van der Waals surface area (Å²) in [7, 11) is 3.12. The van der Waals surface area contributed by atoms with E-state index in [1.165, 1.54) is 18.3 Å². The highest BCUT2D eigenvalue weighted by Gasteiger charge is 2.18. The van der Waals surface area contributed by atoms with Gasteiger partial charge in [0.05, 0.1) is 25.5 Å². The molecule has 0 saturated carbocycles. The Bertz CT molecular complexity index is 1080. The van der Waals surface area contributed by atoms with Crippen molar-refractivity contribution in [3.63, 3.8) is 0 Å². The number of ether oxygens (including phenoxy) is 2. The predicted octanol–water partition coefficient (Wildman–Crippen LogP) is 4.20. The van der Waals surface area contributed by atoms with Crippen molar-refractivity contribution >= 4 is 35.0 Å². The lowest BCUT2D eigenvalue weighted by Gasteiger charge is -2.22. The number of nitrogens with one attached hydrogen (secondary N) is 2. The summed E-state index contributed by atoms with van der Waals surface area (Å²) < 4.78 is 12.8. The SMILES string of the molecule is C=CSN(CCNc1ncnc(N)c1C(=N)c1ccc(OC)c(OC)c1)c1ccccc1. The summed E-state index contributed by atoms with van der Waals surface area (Å²) in [6, 6.07) is 15.3. The molecule has 2 aromatic carbocycles. The molecule has 0 radical (unpaired) electrons. The van der Waals surface area contributed by atoms with Gasteiger partial charge in [0.25, 0.3) is 0 Å². The van der Waals surface area contributed by atoms with Crippen LogP contribution in [0, 0.1) is 5.41 Å². The molecular weight excluding hydrogens is 424 g/mol. The first-order valence-corrected chi connectivity index (χ1v) is 10.7. The zero-order valence-electron chi connectivity index (χ0n) is 18.0. The molecule has 0 saturated heterocycles. The molecule has 0 amide bonds. The largest absolute Gasteiger partial charge is 0.493 e. The first kappa shape index (κ1) is 23.0.